The second-order valence-corrected chi connectivity index (χ2v) is 5.93. The minimum atomic E-state index is -3.82. The fourth-order valence-corrected chi connectivity index (χ4v) is 3.27. The maximum atomic E-state index is 12.1. The van der Waals surface area contributed by atoms with Crippen molar-refractivity contribution in [3.63, 3.8) is 0 Å². The summed E-state index contributed by atoms with van der Waals surface area (Å²) in [4.78, 5) is 0.153. The van der Waals surface area contributed by atoms with E-state index in [0.29, 0.717) is 5.39 Å². The van der Waals surface area contributed by atoms with E-state index in [0.717, 1.165) is 22.4 Å². The molecule has 0 fully saturated rings. The van der Waals surface area contributed by atoms with Gasteiger partial charge in [-0.15, -0.1) is 0 Å². The second-order valence-electron chi connectivity index (χ2n) is 4.39. The van der Waals surface area contributed by atoms with Crippen LogP contribution in [0.5, 0.6) is 0 Å². The molecular formula is C16H15NO3S. The highest BCUT2D eigenvalue weighted by atomic mass is 32.2. The zero-order valence-corrected chi connectivity index (χ0v) is 12.1. The van der Waals surface area contributed by atoms with Gasteiger partial charge in [0, 0.05) is 5.39 Å². The topological polar surface area (TPSA) is 78.4 Å². The predicted octanol–water partition coefficient (Wildman–Crippen LogP) is 4.00. The third kappa shape index (κ3) is 2.61. The van der Waals surface area contributed by atoms with Crippen LogP contribution in [-0.2, 0) is 14.3 Å². The lowest BCUT2D eigenvalue weighted by Crippen LogP contribution is -2.02. The van der Waals surface area contributed by atoms with E-state index in [1.54, 1.807) is 6.07 Å². The van der Waals surface area contributed by atoms with E-state index in [9.17, 15) is 8.42 Å². The van der Waals surface area contributed by atoms with Gasteiger partial charge in [0.05, 0.1) is 6.26 Å². The number of benzene rings is 3. The predicted molar refractivity (Wildman–Crippen MR) is 84.9 cm³/mol. The molecule has 0 bridgehead atoms. The van der Waals surface area contributed by atoms with Crippen molar-refractivity contribution in [2.24, 2.45) is 0 Å². The Morgan fingerprint density at radius 1 is 0.905 bits per heavy atom. The summed E-state index contributed by atoms with van der Waals surface area (Å²) in [5.74, 6) is 0. The number of hydrogen-bond acceptors (Lipinski definition) is 4. The van der Waals surface area contributed by atoms with Crippen molar-refractivity contribution < 1.29 is 12.6 Å². The second kappa shape index (κ2) is 5.55. The summed E-state index contributed by atoms with van der Waals surface area (Å²) in [7, 11) is -3.82. The van der Waals surface area contributed by atoms with Crippen LogP contribution in [0.25, 0.3) is 21.5 Å². The lowest BCUT2D eigenvalue weighted by molar-refractivity contribution is 0.445. The molecule has 4 nitrogen and oxygen atoms in total. The molecule has 3 rings (SSSR count). The number of hydrogen-bond donors (Lipinski definition) is 1. The molecule has 3 aromatic rings. The normalized spacial score (nSPS) is 11.0. The molecule has 0 aliphatic carbocycles. The summed E-state index contributed by atoms with van der Waals surface area (Å²) in [5.41, 5.74) is 0. The number of fused-ring (bicyclic) bond motifs is 2. The van der Waals surface area contributed by atoms with Gasteiger partial charge in [0.15, 0.2) is 0 Å². The first-order valence-corrected chi connectivity index (χ1v) is 7.48. The first-order valence-electron chi connectivity index (χ1n) is 6.07. The third-order valence-corrected chi connectivity index (χ3v) is 4.45. The highest BCUT2D eigenvalue weighted by molar-refractivity contribution is 7.87. The summed E-state index contributed by atoms with van der Waals surface area (Å²) in [5, 5.41) is 3.56. The van der Waals surface area contributed by atoms with Crippen LogP contribution in [-0.4, -0.2) is 8.42 Å². The molecule has 5 heteroatoms. The molecule has 0 aliphatic rings. The summed E-state index contributed by atoms with van der Waals surface area (Å²) in [6.45, 7) is 3.30. The quantitative estimate of drug-likeness (QED) is 0.450. The minimum Gasteiger partial charge on any atom is -0.388 e. The summed E-state index contributed by atoms with van der Waals surface area (Å²) < 4.78 is 28.8. The molecule has 3 aromatic carbocycles. The maximum Gasteiger partial charge on any atom is 0.339 e. The van der Waals surface area contributed by atoms with Gasteiger partial charge in [-0.1, -0.05) is 43.0 Å². The van der Waals surface area contributed by atoms with Gasteiger partial charge >= 0.3 is 10.1 Å². The van der Waals surface area contributed by atoms with Crippen LogP contribution in [0.15, 0.2) is 72.3 Å². The van der Waals surface area contributed by atoms with Gasteiger partial charge in [0.25, 0.3) is 0 Å². The Balaban J connectivity index is 0.00000161. The Labute approximate surface area is 123 Å². The molecule has 0 saturated carbocycles. The fourth-order valence-electron chi connectivity index (χ4n) is 2.30. The Kier molecular flexibility index (Phi) is 3.97. The average Bonchev–Trinajstić information content (AvgIpc) is 2.44. The minimum absolute atomic E-state index is 0. The number of rotatable bonds is 3. The highest BCUT2D eigenvalue weighted by Crippen LogP contribution is 2.28. The van der Waals surface area contributed by atoms with Crippen molar-refractivity contribution in [3.05, 3.63) is 67.4 Å². The Morgan fingerprint density at radius 3 is 2.19 bits per heavy atom. The molecule has 0 aromatic heterocycles. The Hall–Kier alpha value is -2.37. The van der Waals surface area contributed by atoms with Crippen LogP contribution in [0.3, 0.4) is 0 Å². The van der Waals surface area contributed by atoms with Crippen LogP contribution < -0.4 is 6.15 Å². The van der Waals surface area contributed by atoms with Crippen LogP contribution in [0.2, 0.25) is 0 Å². The zero-order chi connectivity index (χ0) is 14.2. The van der Waals surface area contributed by atoms with E-state index < -0.39 is 10.1 Å². The van der Waals surface area contributed by atoms with E-state index in [1.165, 1.54) is 6.07 Å². The molecule has 108 valence electrons. The van der Waals surface area contributed by atoms with Crippen LogP contribution in [0.4, 0.5) is 0 Å². The maximum absolute atomic E-state index is 12.1. The van der Waals surface area contributed by atoms with Gasteiger partial charge in [0.1, 0.15) is 4.90 Å². The first kappa shape index (κ1) is 15.0. The monoisotopic (exact) mass is 301 g/mol. The van der Waals surface area contributed by atoms with Crippen molar-refractivity contribution >= 4 is 31.7 Å². The van der Waals surface area contributed by atoms with E-state index in [-0.39, 0.29) is 11.0 Å². The Morgan fingerprint density at radius 2 is 1.52 bits per heavy atom. The molecule has 0 atom stereocenters. The fraction of sp³-hybridized carbons (Fsp3) is 0. The molecular weight excluding hydrogens is 286 g/mol. The van der Waals surface area contributed by atoms with E-state index >= 15 is 0 Å². The van der Waals surface area contributed by atoms with Crippen molar-refractivity contribution in [1.29, 1.82) is 0 Å². The lowest BCUT2D eigenvalue weighted by atomic mass is 10.0. The van der Waals surface area contributed by atoms with Gasteiger partial charge in [0.2, 0.25) is 0 Å². The van der Waals surface area contributed by atoms with E-state index in [1.807, 2.05) is 42.5 Å². The summed E-state index contributed by atoms with van der Waals surface area (Å²) in [6.07, 6.45) is 0.926. The van der Waals surface area contributed by atoms with Gasteiger partial charge in [-0.3, -0.25) is 0 Å². The molecule has 0 unspecified atom stereocenters. The smallest absolute Gasteiger partial charge is 0.339 e. The SMILES string of the molecule is C=COS(=O)(=O)c1cccc2cc3ccccc3cc12.N. The van der Waals surface area contributed by atoms with Crippen molar-refractivity contribution in [2.75, 3.05) is 0 Å². The lowest BCUT2D eigenvalue weighted by Gasteiger charge is -2.08. The van der Waals surface area contributed by atoms with Crippen LogP contribution >= 0.6 is 0 Å². The van der Waals surface area contributed by atoms with Crippen molar-refractivity contribution in [3.8, 4) is 0 Å². The standard InChI is InChI=1S/C16H12O3S.H3N/c1-2-19-20(17,18)16-9-5-8-14-10-12-6-3-4-7-13(12)11-15(14)16;/h2-11H,1H2;1H3. The molecule has 0 saturated heterocycles. The van der Waals surface area contributed by atoms with Crippen LogP contribution in [0.1, 0.15) is 0 Å². The summed E-state index contributed by atoms with van der Waals surface area (Å²) >= 11 is 0. The molecule has 3 N–H and O–H groups in total. The molecule has 21 heavy (non-hydrogen) atoms. The largest absolute Gasteiger partial charge is 0.388 e. The van der Waals surface area contributed by atoms with Crippen LogP contribution in [0, 0.1) is 0 Å². The van der Waals surface area contributed by atoms with Gasteiger partial charge in [-0.2, -0.15) is 8.42 Å². The molecule has 0 heterocycles. The highest BCUT2D eigenvalue weighted by Gasteiger charge is 2.17. The molecule has 0 radical (unpaired) electrons. The Bertz CT molecular complexity index is 917. The van der Waals surface area contributed by atoms with Gasteiger partial charge < -0.3 is 10.3 Å². The zero-order valence-electron chi connectivity index (χ0n) is 11.3. The summed E-state index contributed by atoms with van der Waals surface area (Å²) in [6, 6.07) is 16.8. The van der Waals surface area contributed by atoms with Crippen molar-refractivity contribution in [1.82, 2.24) is 6.15 Å². The van der Waals surface area contributed by atoms with E-state index in [4.69, 9.17) is 0 Å². The first-order chi connectivity index (χ1) is 9.62. The van der Waals surface area contributed by atoms with Gasteiger partial charge in [-0.05, 0) is 34.4 Å². The average molecular weight is 301 g/mol. The molecule has 0 spiro atoms. The van der Waals surface area contributed by atoms with E-state index in [2.05, 4.69) is 10.8 Å². The third-order valence-electron chi connectivity index (χ3n) is 3.17. The molecule has 0 amide bonds. The van der Waals surface area contributed by atoms with Crippen molar-refractivity contribution in [2.45, 2.75) is 4.90 Å². The van der Waals surface area contributed by atoms with Gasteiger partial charge in [-0.25, -0.2) is 0 Å². The molecule has 0 aliphatic heterocycles.